The first-order chi connectivity index (χ1) is 8.16. The molecule has 2 rings (SSSR count). The number of ketones is 1. The highest BCUT2D eigenvalue weighted by atomic mass is 79.9. The van der Waals surface area contributed by atoms with Crippen LogP contribution in [0.2, 0.25) is 0 Å². The molecule has 1 aliphatic heterocycles. The lowest BCUT2D eigenvalue weighted by atomic mass is 9.99. The van der Waals surface area contributed by atoms with Crippen LogP contribution in [-0.2, 0) is 11.3 Å². The molecule has 0 spiro atoms. The number of pyridine rings is 1. The fraction of sp³-hybridized carbons (Fsp3) is 0.538. The van der Waals surface area contributed by atoms with Gasteiger partial charge in [-0.05, 0) is 54.4 Å². The number of aromatic nitrogens is 1. The van der Waals surface area contributed by atoms with Gasteiger partial charge in [0.15, 0.2) is 0 Å². The van der Waals surface area contributed by atoms with Gasteiger partial charge in [0, 0.05) is 17.2 Å². The van der Waals surface area contributed by atoms with E-state index >= 15 is 0 Å². The fourth-order valence-electron chi connectivity index (χ4n) is 2.35. The number of hydrogen-bond donors (Lipinski definition) is 0. The summed E-state index contributed by atoms with van der Waals surface area (Å²) in [4.78, 5) is 18.2. The van der Waals surface area contributed by atoms with E-state index in [0.717, 1.165) is 36.1 Å². The van der Waals surface area contributed by atoms with E-state index in [0.29, 0.717) is 0 Å². The molecule has 1 aromatic heterocycles. The van der Waals surface area contributed by atoms with Gasteiger partial charge in [-0.1, -0.05) is 6.42 Å². The van der Waals surface area contributed by atoms with Crippen molar-refractivity contribution < 1.29 is 4.79 Å². The Morgan fingerprint density at radius 3 is 3.00 bits per heavy atom. The topological polar surface area (TPSA) is 33.2 Å². The van der Waals surface area contributed by atoms with Crippen LogP contribution < -0.4 is 0 Å². The lowest BCUT2D eigenvalue weighted by molar-refractivity contribution is -0.123. The van der Waals surface area contributed by atoms with Crippen molar-refractivity contribution in [3.8, 4) is 0 Å². The van der Waals surface area contributed by atoms with Gasteiger partial charge in [-0.15, -0.1) is 0 Å². The molecule has 1 aromatic rings. The van der Waals surface area contributed by atoms with Crippen molar-refractivity contribution in [2.75, 3.05) is 6.54 Å². The Balaban J connectivity index is 2.05. The summed E-state index contributed by atoms with van der Waals surface area (Å²) in [5, 5.41) is 0. The second-order valence-electron chi connectivity index (χ2n) is 4.56. The summed E-state index contributed by atoms with van der Waals surface area (Å²) in [6.45, 7) is 3.47. The molecule has 92 valence electrons. The zero-order chi connectivity index (χ0) is 12.3. The van der Waals surface area contributed by atoms with E-state index in [1.807, 2.05) is 18.3 Å². The van der Waals surface area contributed by atoms with E-state index in [-0.39, 0.29) is 11.8 Å². The highest BCUT2D eigenvalue weighted by Gasteiger charge is 2.25. The van der Waals surface area contributed by atoms with Crippen molar-refractivity contribution in [2.24, 2.45) is 0 Å². The molecule has 0 N–H and O–H groups in total. The average Bonchev–Trinajstić information content (AvgIpc) is 2.32. The molecule has 1 unspecified atom stereocenters. The van der Waals surface area contributed by atoms with Crippen LogP contribution in [0.5, 0.6) is 0 Å². The van der Waals surface area contributed by atoms with E-state index in [2.05, 4.69) is 25.8 Å². The minimum Gasteiger partial charge on any atom is -0.298 e. The van der Waals surface area contributed by atoms with Gasteiger partial charge in [-0.3, -0.25) is 14.7 Å². The van der Waals surface area contributed by atoms with Crippen LogP contribution in [0.25, 0.3) is 0 Å². The normalized spacial score (nSPS) is 21.4. The molecular weight excluding hydrogens is 280 g/mol. The van der Waals surface area contributed by atoms with Crippen LogP contribution in [0, 0.1) is 0 Å². The van der Waals surface area contributed by atoms with E-state index < -0.39 is 0 Å². The number of Topliss-reactive ketones (excluding diaryl/α,β-unsaturated/α-hetero) is 1. The number of likely N-dealkylation sites (tertiary alicyclic amines) is 1. The van der Waals surface area contributed by atoms with Crippen molar-refractivity contribution in [3.05, 3.63) is 28.5 Å². The van der Waals surface area contributed by atoms with Gasteiger partial charge in [0.25, 0.3) is 0 Å². The van der Waals surface area contributed by atoms with Gasteiger partial charge >= 0.3 is 0 Å². The van der Waals surface area contributed by atoms with Gasteiger partial charge in [0.05, 0.1) is 11.7 Å². The average molecular weight is 297 g/mol. The minimum atomic E-state index is 0.0918. The summed E-state index contributed by atoms with van der Waals surface area (Å²) in [6, 6.07) is 4.10. The first-order valence-electron chi connectivity index (χ1n) is 6.02. The summed E-state index contributed by atoms with van der Waals surface area (Å²) < 4.78 is 0.989. The number of halogens is 1. The predicted molar refractivity (Wildman–Crippen MR) is 70.7 cm³/mol. The molecule has 0 saturated carbocycles. The lowest BCUT2D eigenvalue weighted by Gasteiger charge is -2.33. The molecule has 2 heterocycles. The maximum absolute atomic E-state index is 11.6. The molecule has 0 bridgehead atoms. The molecule has 1 aliphatic rings. The fourth-order valence-corrected chi connectivity index (χ4v) is 2.58. The molecule has 0 radical (unpaired) electrons. The second kappa shape index (κ2) is 5.74. The van der Waals surface area contributed by atoms with Crippen molar-refractivity contribution in [1.82, 2.24) is 9.88 Å². The van der Waals surface area contributed by atoms with E-state index in [1.165, 1.54) is 6.42 Å². The largest absolute Gasteiger partial charge is 0.298 e. The second-order valence-corrected chi connectivity index (χ2v) is 5.48. The van der Waals surface area contributed by atoms with E-state index in [1.54, 1.807) is 6.92 Å². The van der Waals surface area contributed by atoms with Crippen molar-refractivity contribution in [3.63, 3.8) is 0 Å². The number of carbonyl (C=O) groups excluding carboxylic acids is 1. The summed E-state index contributed by atoms with van der Waals surface area (Å²) in [5.74, 6) is 0.279. The van der Waals surface area contributed by atoms with Gasteiger partial charge < -0.3 is 0 Å². The number of carbonyl (C=O) groups is 1. The monoisotopic (exact) mass is 296 g/mol. The molecule has 1 atom stereocenters. The van der Waals surface area contributed by atoms with Gasteiger partial charge in [-0.2, -0.15) is 0 Å². The van der Waals surface area contributed by atoms with E-state index in [4.69, 9.17) is 0 Å². The zero-order valence-electron chi connectivity index (χ0n) is 10.0. The number of hydrogen-bond acceptors (Lipinski definition) is 3. The first-order valence-corrected chi connectivity index (χ1v) is 6.81. The zero-order valence-corrected chi connectivity index (χ0v) is 11.6. The van der Waals surface area contributed by atoms with Crippen LogP contribution in [0.15, 0.2) is 22.8 Å². The smallest absolute Gasteiger partial charge is 0.146 e. The van der Waals surface area contributed by atoms with Gasteiger partial charge in [0.2, 0.25) is 0 Å². The Labute approximate surface area is 110 Å². The Hall–Kier alpha value is -0.740. The SMILES string of the molecule is CC(=O)C1CCCCN1Cc1ccc(Br)cn1. The van der Waals surface area contributed by atoms with Crippen molar-refractivity contribution >= 4 is 21.7 Å². The van der Waals surface area contributed by atoms with Gasteiger partial charge in [-0.25, -0.2) is 0 Å². The molecule has 4 heteroatoms. The Kier molecular flexibility index (Phi) is 4.29. The first kappa shape index (κ1) is 12.7. The maximum Gasteiger partial charge on any atom is 0.146 e. The third-order valence-electron chi connectivity index (χ3n) is 3.24. The number of rotatable bonds is 3. The summed E-state index contributed by atoms with van der Waals surface area (Å²) in [6.07, 6.45) is 5.14. The van der Waals surface area contributed by atoms with Crippen molar-refractivity contribution in [2.45, 2.75) is 38.8 Å². The quantitative estimate of drug-likeness (QED) is 0.860. The Bertz CT molecular complexity index is 391. The van der Waals surface area contributed by atoms with Crippen molar-refractivity contribution in [1.29, 1.82) is 0 Å². The molecule has 0 aromatic carbocycles. The summed E-state index contributed by atoms with van der Waals surface area (Å²) in [7, 11) is 0. The van der Waals surface area contributed by atoms with E-state index in [9.17, 15) is 4.79 Å². The maximum atomic E-state index is 11.6. The predicted octanol–water partition coefficient (Wildman–Crippen LogP) is 2.79. The number of nitrogens with zero attached hydrogens (tertiary/aromatic N) is 2. The van der Waals surface area contributed by atoms with Crippen LogP contribution in [-0.4, -0.2) is 28.3 Å². The van der Waals surface area contributed by atoms with Crippen LogP contribution >= 0.6 is 15.9 Å². The molecule has 0 aliphatic carbocycles. The molecule has 1 saturated heterocycles. The third kappa shape index (κ3) is 3.36. The standard InChI is InChI=1S/C13H17BrN2O/c1-10(17)13-4-2-3-7-16(13)9-12-6-5-11(14)8-15-12/h5-6,8,13H,2-4,7,9H2,1H3. The number of piperidine rings is 1. The Morgan fingerprint density at radius 1 is 1.53 bits per heavy atom. The van der Waals surface area contributed by atoms with Crippen LogP contribution in [0.3, 0.4) is 0 Å². The molecule has 3 nitrogen and oxygen atoms in total. The highest BCUT2D eigenvalue weighted by molar-refractivity contribution is 9.10. The summed E-state index contributed by atoms with van der Waals surface area (Å²) in [5.41, 5.74) is 1.03. The Morgan fingerprint density at radius 2 is 2.35 bits per heavy atom. The van der Waals surface area contributed by atoms with Gasteiger partial charge in [0.1, 0.15) is 5.78 Å². The lowest BCUT2D eigenvalue weighted by Crippen LogP contribution is -2.43. The molecule has 17 heavy (non-hydrogen) atoms. The van der Waals surface area contributed by atoms with Crippen LogP contribution in [0.1, 0.15) is 31.9 Å². The third-order valence-corrected chi connectivity index (χ3v) is 3.71. The van der Waals surface area contributed by atoms with Crippen LogP contribution in [0.4, 0.5) is 0 Å². The molecule has 0 amide bonds. The minimum absolute atomic E-state index is 0.0918. The molecule has 1 fully saturated rings. The highest BCUT2D eigenvalue weighted by Crippen LogP contribution is 2.20. The summed E-state index contributed by atoms with van der Waals surface area (Å²) >= 11 is 3.38. The molecular formula is C13H17BrN2O.